The summed E-state index contributed by atoms with van der Waals surface area (Å²) >= 11 is 0. The van der Waals surface area contributed by atoms with E-state index in [0.717, 1.165) is 11.3 Å². The standard InChI is InChI=1S/C23H23N7O4/c1-14-5-6-16(12-17(14)24-23(32)18-11-15(2)27-29(18)3)34-22-8-7-20-25-19(13-30(20)28-22)26-21(31)9-10-33-4/h5-13H,1-4H3,(H,24,32)(H,26,31)/b10-9+. The summed E-state index contributed by atoms with van der Waals surface area (Å²) in [6.07, 6.45) is 4.08. The Labute approximate surface area is 195 Å². The number of methoxy groups -OCH3 is 1. The molecule has 2 N–H and O–H groups in total. The number of ether oxygens (including phenoxy) is 2. The van der Waals surface area contributed by atoms with Gasteiger partial charge in [0, 0.05) is 30.9 Å². The summed E-state index contributed by atoms with van der Waals surface area (Å²) in [4.78, 5) is 28.8. The number of aryl methyl sites for hydroxylation is 3. The molecule has 4 aromatic rings. The molecule has 34 heavy (non-hydrogen) atoms. The maximum absolute atomic E-state index is 12.7. The fourth-order valence-electron chi connectivity index (χ4n) is 3.21. The van der Waals surface area contributed by atoms with Gasteiger partial charge in [-0.1, -0.05) is 6.07 Å². The van der Waals surface area contributed by atoms with Gasteiger partial charge in [-0.15, -0.1) is 5.10 Å². The minimum Gasteiger partial charge on any atom is -0.504 e. The highest BCUT2D eigenvalue weighted by molar-refractivity contribution is 6.03. The molecule has 0 atom stereocenters. The van der Waals surface area contributed by atoms with Crippen molar-refractivity contribution in [2.75, 3.05) is 17.7 Å². The van der Waals surface area contributed by atoms with E-state index >= 15 is 0 Å². The van der Waals surface area contributed by atoms with Crippen molar-refractivity contribution in [2.24, 2.45) is 7.05 Å². The third-order valence-corrected chi connectivity index (χ3v) is 4.82. The molecule has 0 aliphatic carbocycles. The van der Waals surface area contributed by atoms with Crippen LogP contribution in [0.2, 0.25) is 0 Å². The third-order valence-electron chi connectivity index (χ3n) is 4.82. The van der Waals surface area contributed by atoms with Gasteiger partial charge in [0.05, 0.1) is 25.3 Å². The van der Waals surface area contributed by atoms with E-state index in [9.17, 15) is 9.59 Å². The molecule has 4 rings (SSSR count). The molecule has 174 valence electrons. The molecule has 0 spiro atoms. The van der Waals surface area contributed by atoms with Gasteiger partial charge >= 0.3 is 0 Å². The summed E-state index contributed by atoms with van der Waals surface area (Å²) in [5.74, 6) is 0.493. The number of nitrogens with zero attached hydrogens (tertiary/aromatic N) is 5. The van der Waals surface area contributed by atoms with Crippen LogP contribution in [0.3, 0.4) is 0 Å². The smallest absolute Gasteiger partial charge is 0.273 e. The first-order chi connectivity index (χ1) is 16.3. The Morgan fingerprint density at radius 3 is 2.62 bits per heavy atom. The number of imidazole rings is 1. The molecule has 3 heterocycles. The highest BCUT2D eigenvalue weighted by atomic mass is 16.5. The maximum Gasteiger partial charge on any atom is 0.273 e. The minimum absolute atomic E-state index is 0.267. The van der Waals surface area contributed by atoms with Crippen molar-refractivity contribution in [3.8, 4) is 11.6 Å². The fraction of sp³-hybridized carbons (Fsp3) is 0.174. The molecular weight excluding hydrogens is 438 g/mol. The van der Waals surface area contributed by atoms with Crippen molar-refractivity contribution in [1.29, 1.82) is 0 Å². The highest BCUT2D eigenvalue weighted by Gasteiger charge is 2.14. The lowest BCUT2D eigenvalue weighted by Crippen LogP contribution is -2.16. The quantitative estimate of drug-likeness (QED) is 0.320. The second-order valence-electron chi connectivity index (χ2n) is 7.46. The van der Waals surface area contributed by atoms with E-state index in [2.05, 4.69) is 25.8 Å². The summed E-state index contributed by atoms with van der Waals surface area (Å²) in [5, 5.41) is 14.1. The lowest BCUT2D eigenvalue weighted by Gasteiger charge is -2.11. The van der Waals surface area contributed by atoms with Crippen LogP contribution in [0.4, 0.5) is 11.5 Å². The van der Waals surface area contributed by atoms with Crippen LogP contribution in [0.15, 0.2) is 54.9 Å². The number of aromatic nitrogens is 5. The molecule has 2 amide bonds. The van der Waals surface area contributed by atoms with Crippen molar-refractivity contribution in [1.82, 2.24) is 24.4 Å². The van der Waals surface area contributed by atoms with Crippen LogP contribution in [0.1, 0.15) is 21.7 Å². The predicted octanol–water partition coefficient (Wildman–Crippen LogP) is 3.22. The van der Waals surface area contributed by atoms with Crippen LogP contribution >= 0.6 is 0 Å². The van der Waals surface area contributed by atoms with Gasteiger partial charge in [0.25, 0.3) is 11.8 Å². The summed E-state index contributed by atoms with van der Waals surface area (Å²) in [7, 11) is 3.17. The molecule has 1 aromatic carbocycles. The third kappa shape index (κ3) is 5.04. The van der Waals surface area contributed by atoms with Crippen molar-refractivity contribution in [3.05, 3.63) is 71.9 Å². The van der Waals surface area contributed by atoms with Crippen LogP contribution in [-0.4, -0.2) is 43.3 Å². The normalized spacial score (nSPS) is 11.1. The number of fused-ring (bicyclic) bond motifs is 1. The topological polar surface area (TPSA) is 125 Å². The first kappa shape index (κ1) is 22.5. The van der Waals surface area contributed by atoms with E-state index in [1.165, 1.54) is 28.6 Å². The Morgan fingerprint density at radius 1 is 1.06 bits per heavy atom. The lowest BCUT2D eigenvalue weighted by molar-refractivity contribution is -0.112. The molecule has 0 unspecified atom stereocenters. The Balaban J connectivity index is 1.50. The van der Waals surface area contributed by atoms with Crippen molar-refractivity contribution >= 4 is 29.0 Å². The molecule has 0 aliphatic rings. The zero-order valence-corrected chi connectivity index (χ0v) is 19.1. The highest BCUT2D eigenvalue weighted by Crippen LogP contribution is 2.26. The SMILES string of the molecule is CO/C=C/C(=O)Nc1cn2nc(Oc3ccc(C)c(NC(=O)c4cc(C)nn4C)c3)ccc2n1. The fourth-order valence-corrected chi connectivity index (χ4v) is 3.21. The summed E-state index contributed by atoms with van der Waals surface area (Å²) < 4.78 is 13.7. The van der Waals surface area contributed by atoms with Gasteiger partial charge in [0.15, 0.2) is 11.5 Å². The van der Waals surface area contributed by atoms with Gasteiger partial charge in [-0.3, -0.25) is 14.3 Å². The maximum atomic E-state index is 12.7. The molecule has 0 saturated carbocycles. The summed E-state index contributed by atoms with van der Waals surface area (Å²) in [5.41, 5.74) is 3.23. The monoisotopic (exact) mass is 461 g/mol. The van der Waals surface area contributed by atoms with E-state index in [-0.39, 0.29) is 11.8 Å². The molecule has 0 fully saturated rings. The summed E-state index contributed by atoms with van der Waals surface area (Å²) in [6.45, 7) is 3.72. The van der Waals surface area contributed by atoms with Gasteiger partial charge in [0.2, 0.25) is 5.88 Å². The number of benzene rings is 1. The van der Waals surface area contributed by atoms with Crippen molar-refractivity contribution in [2.45, 2.75) is 13.8 Å². The van der Waals surface area contributed by atoms with Gasteiger partial charge in [-0.05, 0) is 37.6 Å². The predicted molar refractivity (Wildman–Crippen MR) is 125 cm³/mol. The number of carbonyl (C=O) groups excluding carboxylic acids is 2. The second kappa shape index (κ2) is 9.45. The molecule has 0 aliphatic heterocycles. The molecule has 0 saturated heterocycles. The van der Waals surface area contributed by atoms with Crippen LogP contribution in [0.25, 0.3) is 5.65 Å². The molecule has 0 bridgehead atoms. The number of rotatable bonds is 7. The lowest BCUT2D eigenvalue weighted by atomic mass is 10.2. The van der Waals surface area contributed by atoms with Gasteiger partial charge in [-0.25, -0.2) is 9.50 Å². The van der Waals surface area contributed by atoms with Crippen LogP contribution in [0.5, 0.6) is 11.6 Å². The van der Waals surface area contributed by atoms with Crippen molar-refractivity contribution < 1.29 is 19.1 Å². The van der Waals surface area contributed by atoms with Gasteiger partial charge in [0.1, 0.15) is 11.4 Å². The number of carbonyl (C=O) groups is 2. The average Bonchev–Trinajstić information content (AvgIpc) is 3.35. The van der Waals surface area contributed by atoms with Gasteiger partial charge in [-0.2, -0.15) is 5.10 Å². The largest absolute Gasteiger partial charge is 0.504 e. The van der Waals surface area contributed by atoms with Crippen LogP contribution in [-0.2, 0) is 16.6 Å². The number of hydrogen-bond donors (Lipinski definition) is 2. The average molecular weight is 461 g/mol. The Kier molecular flexibility index (Phi) is 6.26. The number of amides is 2. The molecule has 11 nitrogen and oxygen atoms in total. The van der Waals surface area contributed by atoms with E-state index in [0.29, 0.717) is 34.5 Å². The van der Waals surface area contributed by atoms with Gasteiger partial charge < -0.3 is 20.1 Å². The first-order valence-corrected chi connectivity index (χ1v) is 10.3. The van der Waals surface area contributed by atoms with Crippen molar-refractivity contribution in [3.63, 3.8) is 0 Å². The minimum atomic E-state index is -0.378. The Morgan fingerprint density at radius 2 is 1.88 bits per heavy atom. The Hall–Kier alpha value is -4.67. The number of nitrogens with one attached hydrogen (secondary N) is 2. The first-order valence-electron chi connectivity index (χ1n) is 10.3. The molecule has 0 radical (unpaired) electrons. The molecule has 3 aromatic heterocycles. The van der Waals surface area contributed by atoms with Crippen LogP contribution in [0, 0.1) is 13.8 Å². The second-order valence-corrected chi connectivity index (χ2v) is 7.46. The number of anilines is 2. The number of hydrogen-bond acceptors (Lipinski definition) is 7. The van der Waals surface area contributed by atoms with E-state index in [4.69, 9.17) is 9.47 Å². The van der Waals surface area contributed by atoms with E-state index < -0.39 is 0 Å². The van der Waals surface area contributed by atoms with E-state index in [1.54, 1.807) is 43.6 Å². The molecular formula is C23H23N7O4. The zero-order valence-electron chi connectivity index (χ0n) is 19.1. The molecule has 11 heteroatoms. The Bertz CT molecular complexity index is 1400. The summed E-state index contributed by atoms with van der Waals surface area (Å²) in [6, 6.07) is 10.5. The zero-order chi connectivity index (χ0) is 24.2. The van der Waals surface area contributed by atoms with E-state index in [1.807, 2.05) is 19.9 Å². The van der Waals surface area contributed by atoms with Crippen LogP contribution < -0.4 is 15.4 Å².